The van der Waals surface area contributed by atoms with Crippen LogP contribution in [0, 0.1) is 29.2 Å². The van der Waals surface area contributed by atoms with Crippen LogP contribution in [0.2, 0.25) is 0 Å². The number of amides is 1. The van der Waals surface area contributed by atoms with Crippen LogP contribution in [0.15, 0.2) is 6.07 Å². The molecule has 0 radical (unpaired) electrons. The molecule has 1 atom stereocenters. The second kappa shape index (κ2) is 4.93. The van der Waals surface area contributed by atoms with Gasteiger partial charge in [0.25, 0.3) is 0 Å². The second-order valence-electron chi connectivity index (χ2n) is 4.02. The van der Waals surface area contributed by atoms with E-state index in [-0.39, 0.29) is 6.07 Å². The maximum absolute atomic E-state index is 13.3. The fourth-order valence-electron chi connectivity index (χ4n) is 1.79. The van der Waals surface area contributed by atoms with Gasteiger partial charge >= 0.3 is 0 Å². The van der Waals surface area contributed by atoms with Gasteiger partial charge in [-0.05, 0) is 13.0 Å². The molecule has 1 amide bonds. The van der Waals surface area contributed by atoms with Gasteiger partial charge in [0.1, 0.15) is 5.69 Å². The Morgan fingerprint density at radius 2 is 1.83 bits per heavy atom. The Bertz CT molecular complexity index is 460. The topological polar surface area (TPSA) is 41.1 Å². The molecule has 1 aliphatic rings. The van der Waals surface area contributed by atoms with Crippen molar-refractivity contribution in [2.45, 2.75) is 6.42 Å². The molecule has 98 valence electrons. The minimum atomic E-state index is -1.60. The van der Waals surface area contributed by atoms with Crippen molar-refractivity contribution in [2.24, 2.45) is 5.92 Å². The molecule has 1 saturated heterocycles. The number of carbonyl (C=O) groups excluding carboxylic acids is 1. The van der Waals surface area contributed by atoms with Crippen LogP contribution in [0.1, 0.15) is 6.42 Å². The summed E-state index contributed by atoms with van der Waals surface area (Å²) in [6, 6.07) is 0.0947. The van der Waals surface area contributed by atoms with E-state index in [0.717, 1.165) is 0 Å². The Morgan fingerprint density at radius 3 is 2.33 bits per heavy atom. The van der Waals surface area contributed by atoms with Crippen LogP contribution in [0.3, 0.4) is 0 Å². The van der Waals surface area contributed by atoms with Gasteiger partial charge in [0.15, 0.2) is 23.3 Å². The third-order valence-electron chi connectivity index (χ3n) is 2.79. The summed E-state index contributed by atoms with van der Waals surface area (Å²) in [5.41, 5.74) is -1.08. The monoisotopic (exact) mass is 262 g/mol. The fourth-order valence-corrected chi connectivity index (χ4v) is 1.79. The Morgan fingerprint density at radius 1 is 1.22 bits per heavy atom. The van der Waals surface area contributed by atoms with Gasteiger partial charge in [-0.1, -0.05) is 0 Å². The van der Waals surface area contributed by atoms with Crippen LogP contribution in [-0.4, -0.2) is 19.0 Å². The standard InChI is InChI=1S/C11H10F4N2O/c12-6-3-7(13)9(15)10(8(6)14)17-11(18)5-1-2-16-4-5/h3,5,16H,1-2,4H2,(H,17,18). The third kappa shape index (κ3) is 2.31. The van der Waals surface area contributed by atoms with E-state index in [2.05, 4.69) is 5.32 Å². The largest absolute Gasteiger partial charge is 0.321 e. The number of rotatable bonds is 2. The lowest BCUT2D eigenvalue weighted by Crippen LogP contribution is -2.26. The van der Waals surface area contributed by atoms with E-state index in [0.29, 0.717) is 19.5 Å². The molecule has 18 heavy (non-hydrogen) atoms. The summed E-state index contributed by atoms with van der Waals surface area (Å²) >= 11 is 0. The average molecular weight is 262 g/mol. The van der Waals surface area contributed by atoms with Crippen molar-refractivity contribution in [1.29, 1.82) is 0 Å². The first kappa shape index (κ1) is 12.8. The van der Waals surface area contributed by atoms with Gasteiger partial charge in [0.05, 0.1) is 5.92 Å². The van der Waals surface area contributed by atoms with E-state index in [4.69, 9.17) is 0 Å². The van der Waals surface area contributed by atoms with Gasteiger partial charge in [0, 0.05) is 12.6 Å². The lowest BCUT2D eigenvalue weighted by molar-refractivity contribution is -0.119. The number of anilines is 1. The number of benzene rings is 1. The summed E-state index contributed by atoms with van der Waals surface area (Å²) in [4.78, 5) is 11.6. The molecular formula is C11H10F4N2O. The van der Waals surface area contributed by atoms with Crippen LogP contribution in [0.5, 0.6) is 0 Å². The molecule has 2 N–H and O–H groups in total. The Balaban J connectivity index is 2.25. The summed E-state index contributed by atoms with van der Waals surface area (Å²) in [6.07, 6.45) is 0.507. The molecule has 1 aromatic rings. The number of hydrogen-bond donors (Lipinski definition) is 2. The van der Waals surface area contributed by atoms with E-state index >= 15 is 0 Å². The van der Waals surface area contributed by atoms with Gasteiger partial charge in [-0.3, -0.25) is 4.79 Å². The zero-order chi connectivity index (χ0) is 13.3. The highest BCUT2D eigenvalue weighted by Crippen LogP contribution is 2.25. The minimum absolute atomic E-state index is 0.0947. The lowest BCUT2D eigenvalue weighted by atomic mass is 10.1. The highest BCUT2D eigenvalue weighted by Gasteiger charge is 2.26. The van der Waals surface area contributed by atoms with E-state index < -0.39 is 40.8 Å². The van der Waals surface area contributed by atoms with Crippen LogP contribution in [0.4, 0.5) is 23.2 Å². The van der Waals surface area contributed by atoms with Gasteiger partial charge in [-0.2, -0.15) is 0 Å². The van der Waals surface area contributed by atoms with E-state index in [1.54, 1.807) is 0 Å². The number of carbonyl (C=O) groups is 1. The molecule has 0 aliphatic carbocycles. The third-order valence-corrected chi connectivity index (χ3v) is 2.79. The van der Waals surface area contributed by atoms with Crippen LogP contribution in [0.25, 0.3) is 0 Å². The molecule has 0 bridgehead atoms. The van der Waals surface area contributed by atoms with E-state index in [9.17, 15) is 22.4 Å². The van der Waals surface area contributed by atoms with Gasteiger partial charge in [-0.15, -0.1) is 0 Å². The van der Waals surface area contributed by atoms with Crippen molar-refractivity contribution < 1.29 is 22.4 Å². The van der Waals surface area contributed by atoms with Crippen molar-refractivity contribution in [3.05, 3.63) is 29.3 Å². The Kier molecular flexibility index (Phi) is 3.51. The van der Waals surface area contributed by atoms with E-state index in [1.165, 1.54) is 0 Å². The molecule has 2 rings (SSSR count). The normalized spacial score (nSPS) is 19.0. The summed E-state index contributed by atoms with van der Waals surface area (Å²) in [5, 5.41) is 4.79. The predicted molar refractivity (Wildman–Crippen MR) is 55.9 cm³/mol. The molecule has 1 heterocycles. The van der Waals surface area contributed by atoms with Crippen molar-refractivity contribution in [1.82, 2.24) is 5.32 Å². The number of hydrogen-bond acceptors (Lipinski definition) is 2. The van der Waals surface area contributed by atoms with E-state index in [1.807, 2.05) is 5.32 Å². The molecule has 0 aromatic heterocycles. The summed E-state index contributed by atoms with van der Waals surface area (Å²) < 4.78 is 52.4. The SMILES string of the molecule is O=C(Nc1c(F)c(F)cc(F)c1F)C1CCNC1. The first-order chi connectivity index (χ1) is 8.50. The molecular weight excluding hydrogens is 252 g/mol. The van der Waals surface area contributed by atoms with Gasteiger partial charge in [-0.25, -0.2) is 17.6 Å². The zero-order valence-electron chi connectivity index (χ0n) is 9.20. The molecule has 0 spiro atoms. The molecule has 0 saturated carbocycles. The average Bonchev–Trinajstić information content (AvgIpc) is 2.85. The highest BCUT2D eigenvalue weighted by molar-refractivity contribution is 5.93. The summed E-state index contributed by atoms with van der Waals surface area (Å²) in [6.45, 7) is 0.980. The van der Waals surface area contributed by atoms with Crippen LogP contribution >= 0.6 is 0 Å². The zero-order valence-corrected chi connectivity index (χ0v) is 9.20. The Hall–Kier alpha value is -1.63. The molecule has 1 unspecified atom stereocenters. The first-order valence-corrected chi connectivity index (χ1v) is 5.35. The minimum Gasteiger partial charge on any atom is -0.321 e. The smallest absolute Gasteiger partial charge is 0.228 e. The highest BCUT2D eigenvalue weighted by atomic mass is 19.2. The molecule has 1 fully saturated rings. The molecule has 1 aromatic carbocycles. The second-order valence-corrected chi connectivity index (χ2v) is 4.02. The summed E-state index contributed by atoms with van der Waals surface area (Å²) in [5.74, 6) is -7.43. The summed E-state index contributed by atoms with van der Waals surface area (Å²) in [7, 11) is 0. The Labute approximate surface area is 100 Å². The van der Waals surface area contributed by atoms with Crippen LogP contribution in [-0.2, 0) is 4.79 Å². The number of halogens is 4. The first-order valence-electron chi connectivity index (χ1n) is 5.35. The van der Waals surface area contributed by atoms with Crippen molar-refractivity contribution >= 4 is 11.6 Å². The van der Waals surface area contributed by atoms with Gasteiger partial charge < -0.3 is 10.6 Å². The lowest BCUT2D eigenvalue weighted by Gasteiger charge is -2.12. The molecule has 7 heteroatoms. The van der Waals surface area contributed by atoms with Gasteiger partial charge in [0.2, 0.25) is 5.91 Å². The fraction of sp³-hybridized carbons (Fsp3) is 0.364. The number of nitrogens with one attached hydrogen (secondary N) is 2. The molecule has 3 nitrogen and oxygen atoms in total. The molecule has 1 aliphatic heterocycles. The maximum atomic E-state index is 13.3. The quantitative estimate of drug-likeness (QED) is 0.630. The van der Waals surface area contributed by atoms with Crippen LogP contribution < -0.4 is 10.6 Å². The predicted octanol–water partition coefficient (Wildman–Crippen LogP) is 1.79. The maximum Gasteiger partial charge on any atom is 0.228 e. The van der Waals surface area contributed by atoms with Crippen molar-refractivity contribution in [3.63, 3.8) is 0 Å². The van der Waals surface area contributed by atoms with Crippen molar-refractivity contribution in [2.75, 3.05) is 18.4 Å². The van der Waals surface area contributed by atoms with Crippen molar-refractivity contribution in [3.8, 4) is 0 Å².